The van der Waals surface area contributed by atoms with Crippen molar-refractivity contribution >= 4 is 11.3 Å². The van der Waals surface area contributed by atoms with Crippen LogP contribution in [0.15, 0.2) is 21.3 Å². The molecule has 0 unspecified atom stereocenters. The number of hydrogen-bond donors (Lipinski definition) is 0. The van der Waals surface area contributed by atoms with Crippen molar-refractivity contribution in [3.8, 4) is 5.95 Å². The Hall–Kier alpha value is -1.45. The predicted octanol–water partition coefficient (Wildman–Crippen LogP) is 1.43. The van der Waals surface area contributed by atoms with E-state index in [1.807, 2.05) is 0 Å². The highest BCUT2D eigenvalue weighted by molar-refractivity contribution is 5.67. The molecule has 0 N–H and O–H groups in total. The number of nitrogens with zero attached hydrogens (tertiary/aromatic N) is 1. The zero-order valence-corrected chi connectivity index (χ0v) is 5.33. The minimum Gasteiger partial charge on any atom is -0.468 e. The van der Waals surface area contributed by atoms with Crippen LogP contribution in [0.4, 0.5) is 0 Å². The summed E-state index contributed by atoms with van der Waals surface area (Å²) in [6.45, 7) is 0. The van der Waals surface area contributed by atoms with Gasteiger partial charge in [0.1, 0.15) is 0 Å². The Morgan fingerprint density at radius 2 is 2.50 bits per heavy atom. The molecular formula is C6H5NO3. The summed E-state index contributed by atoms with van der Waals surface area (Å²) in [5.41, 5.74) is 1.08. The molecule has 0 bridgehead atoms. The van der Waals surface area contributed by atoms with E-state index in [-0.39, 0.29) is 0 Å². The van der Waals surface area contributed by atoms with Crippen molar-refractivity contribution in [2.24, 2.45) is 0 Å². The highest BCUT2D eigenvalue weighted by Gasteiger charge is 2.05. The van der Waals surface area contributed by atoms with E-state index >= 15 is 0 Å². The van der Waals surface area contributed by atoms with Crippen LogP contribution in [0.25, 0.3) is 11.3 Å². The van der Waals surface area contributed by atoms with Gasteiger partial charge in [-0.1, -0.05) is 0 Å². The van der Waals surface area contributed by atoms with Crippen LogP contribution in [0.1, 0.15) is 0 Å². The second-order valence-electron chi connectivity index (χ2n) is 1.79. The summed E-state index contributed by atoms with van der Waals surface area (Å²) in [6.07, 6.45) is 1.33. The first-order valence-corrected chi connectivity index (χ1v) is 2.77. The van der Waals surface area contributed by atoms with Crippen molar-refractivity contribution in [1.29, 1.82) is 0 Å². The molecule has 0 saturated carbocycles. The lowest BCUT2D eigenvalue weighted by atomic mass is 10.6. The van der Waals surface area contributed by atoms with Crippen molar-refractivity contribution in [3.63, 3.8) is 0 Å². The first kappa shape index (κ1) is 5.34. The summed E-state index contributed by atoms with van der Waals surface area (Å²) in [5.74, 6) is 0.418. The predicted molar refractivity (Wildman–Crippen MR) is 32.8 cm³/mol. The minimum atomic E-state index is 0.418. The minimum absolute atomic E-state index is 0.418. The van der Waals surface area contributed by atoms with Crippen molar-refractivity contribution in [2.75, 3.05) is 7.11 Å². The first-order chi connectivity index (χ1) is 4.90. The number of aromatic nitrogens is 1. The average Bonchev–Trinajstić information content (AvgIpc) is 2.42. The van der Waals surface area contributed by atoms with Gasteiger partial charge in [0, 0.05) is 0 Å². The molecule has 0 spiro atoms. The molecule has 0 saturated heterocycles. The van der Waals surface area contributed by atoms with Gasteiger partial charge in [-0.05, 0) is 0 Å². The van der Waals surface area contributed by atoms with Crippen LogP contribution >= 0.6 is 0 Å². The Bertz CT molecular complexity index is 307. The van der Waals surface area contributed by atoms with E-state index in [2.05, 4.69) is 4.98 Å². The van der Waals surface area contributed by atoms with Gasteiger partial charge < -0.3 is 13.6 Å². The molecular weight excluding hydrogens is 134 g/mol. The Kier molecular flexibility index (Phi) is 0.943. The second kappa shape index (κ2) is 1.76. The van der Waals surface area contributed by atoms with Gasteiger partial charge in [-0.25, -0.2) is 0 Å². The fourth-order valence-corrected chi connectivity index (χ4v) is 0.750. The summed E-state index contributed by atoms with van der Waals surface area (Å²) >= 11 is 0. The zero-order chi connectivity index (χ0) is 6.97. The van der Waals surface area contributed by atoms with Crippen LogP contribution in [0.2, 0.25) is 0 Å². The second-order valence-corrected chi connectivity index (χ2v) is 1.79. The summed E-state index contributed by atoms with van der Waals surface area (Å²) in [6, 6.07) is 1.64. The molecule has 0 aromatic carbocycles. The zero-order valence-electron chi connectivity index (χ0n) is 5.33. The monoisotopic (exact) mass is 139 g/mol. The van der Waals surface area contributed by atoms with E-state index in [1.165, 1.54) is 13.5 Å². The fourth-order valence-electron chi connectivity index (χ4n) is 0.750. The summed E-state index contributed by atoms with van der Waals surface area (Å²) < 4.78 is 14.7. The molecule has 0 aliphatic carbocycles. The van der Waals surface area contributed by atoms with E-state index < -0.39 is 0 Å². The van der Waals surface area contributed by atoms with Crippen LogP contribution in [0.3, 0.4) is 0 Å². The lowest BCUT2D eigenvalue weighted by molar-refractivity contribution is 0.314. The van der Waals surface area contributed by atoms with E-state index in [0.29, 0.717) is 17.2 Å². The van der Waals surface area contributed by atoms with E-state index in [1.54, 1.807) is 6.07 Å². The quantitative estimate of drug-likeness (QED) is 0.599. The number of rotatable bonds is 1. The molecule has 2 rings (SSSR count). The number of furan rings is 1. The number of hydrogen-bond acceptors (Lipinski definition) is 4. The van der Waals surface area contributed by atoms with E-state index in [0.717, 1.165) is 0 Å². The standard InChI is InChI=1S/C6H5NO3/c1-8-5-2-4-6(10-5)7-3-9-4/h2-3H,1H3. The highest BCUT2D eigenvalue weighted by atomic mass is 16.6. The van der Waals surface area contributed by atoms with Crippen molar-refractivity contribution < 1.29 is 13.6 Å². The fraction of sp³-hybridized carbons (Fsp3) is 0.167. The van der Waals surface area contributed by atoms with E-state index in [4.69, 9.17) is 13.6 Å². The van der Waals surface area contributed by atoms with Crippen LogP contribution in [-0.4, -0.2) is 12.1 Å². The van der Waals surface area contributed by atoms with Crippen LogP contribution in [-0.2, 0) is 0 Å². The molecule has 52 valence electrons. The van der Waals surface area contributed by atoms with Gasteiger partial charge in [-0.15, -0.1) is 0 Å². The first-order valence-electron chi connectivity index (χ1n) is 2.77. The lowest BCUT2D eigenvalue weighted by Crippen LogP contribution is -1.75. The van der Waals surface area contributed by atoms with Crippen molar-refractivity contribution in [3.05, 3.63) is 12.5 Å². The van der Waals surface area contributed by atoms with E-state index in [9.17, 15) is 0 Å². The van der Waals surface area contributed by atoms with Crippen LogP contribution in [0, 0.1) is 0 Å². The lowest BCUT2D eigenvalue weighted by Gasteiger charge is -1.86. The molecule has 0 fully saturated rings. The molecule has 0 radical (unpaired) electrons. The Balaban J connectivity index is 2.67. The Morgan fingerprint density at radius 3 is 3.20 bits per heavy atom. The summed E-state index contributed by atoms with van der Waals surface area (Å²) in [4.78, 5) is 3.77. The molecule has 2 aromatic heterocycles. The third kappa shape index (κ3) is 0.586. The topological polar surface area (TPSA) is 48.4 Å². The highest BCUT2D eigenvalue weighted by Crippen LogP contribution is 2.22. The molecule has 4 nitrogen and oxygen atoms in total. The normalized spacial score (nSPS) is 10.5. The molecule has 2 aromatic rings. The van der Waals surface area contributed by atoms with Crippen LogP contribution in [0.5, 0.6) is 5.95 Å². The summed E-state index contributed by atoms with van der Waals surface area (Å²) in [7, 11) is 1.53. The molecule has 4 heteroatoms. The van der Waals surface area contributed by atoms with Gasteiger partial charge in [0.05, 0.1) is 13.2 Å². The van der Waals surface area contributed by atoms with Gasteiger partial charge in [-0.3, -0.25) is 0 Å². The van der Waals surface area contributed by atoms with Gasteiger partial charge in [0.15, 0.2) is 12.0 Å². The summed E-state index contributed by atoms with van der Waals surface area (Å²) in [5, 5.41) is 0. The third-order valence-electron chi connectivity index (χ3n) is 1.21. The van der Waals surface area contributed by atoms with Gasteiger partial charge in [-0.2, -0.15) is 4.98 Å². The Labute approximate surface area is 56.4 Å². The van der Waals surface area contributed by atoms with Gasteiger partial charge in [0.25, 0.3) is 11.7 Å². The van der Waals surface area contributed by atoms with Crippen LogP contribution < -0.4 is 4.74 Å². The van der Waals surface area contributed by atoms with Gasteiger partial charge >= 0.3 is 0 Å². The van der Waals surface area contributed by atoms with Crippen molar-refractivity contribution in [1.82, 2.24) is 4.98 Å². The SMILES string of the molecule is COc1cc2ocnc2o1. The molecule has 10 heavy (non-hydrogen) atoms. The number of ether oxygens (including phenoxy) is 1. The smallest absolute Gasteiger partial charge is 0.289 e. The molecule has 0 aliphatic heterocycles. The average molecular weight is 139 g/mol. The maximum Gasteiger partial charge on any atom is 0.289 e. The Morgan fingerprint density at radius 1 is 1.60 bits per heavy atom. The largest absolute Gasteiger partial charge is 0.468 e. The maximum absolute atomic E-state index is 5.03. The molecule has 2 heterocycles. The van der Waals surface area contributed by atoms with Gasteiger partial charge in [0.2, 0.25) is 0 Å². The molecule has 0 aliphatic rings. The number of oxazole rings is 1. The number of methoxy groups -OCH3 is 1. The third-order valence-corrected chi connectivity index (χ3v) is 1.21. The molecule has 0 atom stereocenters. The maximum atomic E-state index is 5.03. The van der Waals surface area contributed by atoms with Crippen molar-refractivity contribution in [2.45, 2.75) is 0 Å². The number of fused-ring (bicyclic) bond motifs is 1. The molecule has 0 amide bonds.